The van der Waals surface area contributed by atoms with E-state index in [1.165, 1.54) is 12.1 Å². The molecule has 5 aromatic rings. The lowest BCUT2D eigenvalue weighted by molar-refractivity contribution is -0.0593. The number of aromatic nitrogens is 4. The molecule has 11 heteroatoms. The number of ether oxygens (including phenoxy) is 1. The maximum Gasteiger partial charge on any atom is 0.354 e. The molecule has 0 unspecified atom stereocenters. The number of likely N-dealkylation sites (tertiary alicyclic amines) is 1. The average molecular weight is 590 g/mol. The molecule has 0 spiro atoms. The van der Waals surface area contributed by atoms with Crippen molar-refractivity contribution in [3.8, 4) is 0 Å². The number of benzene rings is 2. The van der Waals surface area contributed by atoms with Crippen molar-refractivity contribution in [2.45, 2.75) is 50.8 Å². The van der Waals surface area contributed by atoms with Gasteiger partial charge in [0.1, 0.15) is 22.7 Å². The van der Waals surface area contributed by atoms with Crippen molar-refractivity contribution in [1.82, 2.24) is 24.4 Å². The highest BCUT2D eigenvalue weighted by molar-refractivity contribution is 6.30. The van der Waals surface area contributed by atoms with Gasteiger partial charge in [0.25, 0.3) is 0 Å². The number of carboxylic acids is 1. The van der Waals surface area contributed by atoms with Crippen molar-refractivity contribution in [3.63, 3.8) is 0 Å². The van der Waals surface area contributed by atoms with Gasteiger partial charge >= 0.3 is 5.97 Å². The van der Waals surface area contributed by atoms with Crippen molar-refractivity contribution < 1.29 is 23.4 Å². The lowest BCUT2D eigenvalue weighted by Crippen LogP contribution is -2.35. The first kappa shape index (κ1) is 27.0. The Balaban J connectivity index is 1.07. The zero-order valence-corrected chi connectivity index (χ0v) is 23.6. The minimum absolute atomic E-state index is 0.00796. The Kier molecular flexibility index (Phi) is 7.13. The van der Waals surface area contributed by atoms with Crippen LogP contribution in [-0.4, -0.2) is 61.3 Å². The number of oxazole rings is 1. The molecule has 42 heavy (non-hydrogen) atoms. The molecule has 1 N–H and O–H groups in total. The third-order valence-electron chi connectivity index (χ3n) is 8.31. The highest BCUT2D eigenvalue weighted by Crippen LogP contribution is 2.34. The quantitative estimate of drug-likeness (QED) is 0.241. The van der Waals surface area contributed by atoms with Gasteiger partial charge < -0.3 is 18.8 Å². The summed E-state index contributed by atoms with van der Waals surface area (Å²) < 4.78 is 28.3. The molecule has 0 amide bonds. The lowest BCUT2D eigenvalue weighted by atomic mass is 9.89. The molecule has 216 valence electrons. The van der Waals surface area contributed by atoms with Crippen LogP contribution in [0.1, 0.15) is 58.5 Å². The molecule has 2 saturated heterocycles. The van der Waals surface area contributed by atoms with Crippen LogP contribution in [0.15, 0.2) is 52.9 Å². The maximum atomic E-state index is 14.4. The van der Waals surface area contributed by atoms with E-state index in [1.807, 2.05) is 16.7 Å². The molecule has 2 aliphatic rings. The molecule has 3 aromatic heterocycles. The van der Waals surface area contributed by atoms with Crippen LogP contribution in [0.3, 0.4) is 0 Å². The van der Waals surface area contributed by atoms with Crippen molar-refractivity contribution in [3.05, 3.63) is 87.9 Å². The molecule has 2 aliphatic heterocycles. The molecule has 2 fully saturated rings. The summed E-state index contributed by atoms with van der Waals surface area (Å²) in [5.74, 6) is 0.221. The second kappa shape index (κ2) is 11.1. The third kappa shape index (κ3) is 5.26. The zero-order chi connectivity index (χ0) is 28.8. The van der Waals surface area contributed by atoms with E-state index in [2.05, 4.69) is 20.9 Å². The molecule has 0 saturated carbocycles. The number of hydrogen-bond donors (Lipinski definition) is 1. The second-order valence-electron chi connectivity index (χ2n) is 11.0. The number of hydrogen-bond acceptors (Lipinski definition) is 7. The van der Waals surface area contributed by atoms with Gasteiger partial charge in [0.15, 0.2) is 22.8 Å². The topological polar surface area (TPSA) is 107 Å². The summed E-state index contributed by atoms with van der Waals surface area (Å²) in [6.45, 7) is 3.73. The molecule has 5 heterocycles. The molecular weight excluding hydrogens is 561 g/mol. The van der Waals surface area contributed by atoms with Gasteiger partial charge in [-0.25, -0.2) is 24.1 Å². The number of para-hydroxylation sites is 1. The largest absolute Gasteiger partial charge is 0.477 e. The number of rotatable bonds is 8. The molecule has 1 atom stereocenters. The predicted octanol–water partition coefficient (Wildman–Crippen LogP) is 5.82. The fourth-order valence-corrected chi connectivity index (χ4v) is 6.11. The highest BCUT2D eigenvalue weighted by atomic mass is 35.5. The van der Waals surface area contributed by atoms with E-state index in [0.717, 1.165) is 61.4 Å². The Morgan fingerprint density at radius 1 is 1.05 bits per heavy atom. The molecule has 0 aliphatic carbocycles. The first-order valence-electron chi connectivity index (χ1n) is 14.2. The molecule has 9 nitrogen and oxygen atoms in total. The lowest BCUT2D eigenvalue weighted by Gasteiger charge is -2.32. The van der Waals surface area contributed by atoms with Crippen LogP contribution in [0.2, 0.25) is 5.02 Å². The van der Waals surface area contributed by atoms with Gasteiger partial charge in [-0.3, -0.25) is 4.90 Å². The van der Waals surface area contributed by atoms with Crippen molar-refractivity contribution >= 4 is 39.8 Å². The number of halogens is 2. The Morgan fingerprint density at radius 2 is 1.88 bits per heavy atom. The number of carboxylic acid groups (broad SMARTS) is 1. The number of imidazole rings is 1. The van der Waals surface area contributed by atoms with Crippen LogP contribution in [0, 0.1) is 5.82 Å². The number of fused-ring (bicyclic) bond motifs is 2. The summed E-state index contributed by atoms with van der Waals surface area (Å²) in [5, 5.41) is 9.82. The van der Waals surface area contributed by atoms with Gasteiger partial charge in [-0.1, -0.05) is 29.8 Å². The number of carbonyl (C=O) groups is 1. The average Bonchev–Trinajstić information content (AvgIpc) is 3.52. The third-order valence-corrected chi connectivity index (χ3v) is 8.54. The number of pyridine rings is 1. The normalized spacial score (nSPS) is 18.1. The molecule has 0 radical (unpaired) electrons. The van der Waals surface area contributed by atoms with E-state index in [0.29, 0.717) is 46.6 Å². The van der Waals surface area contributed by atoms with Crippen molar-refractivity contribution in [2.75, 3.05) is 19.7 Å². The fourth-order valence-electron chi connectivity index (χ4n) is 5.96. The highest BCUT2D eigenvalue weighted by Gasteiger charge is 2.27. The van der Waals surface area contributed by atoms with Crippen LogP contribution in [-0.2, 0) is 24.2 Å². The second-order valence-corrected chi connectivity index (χ2v) is 11.5. The summed E-state index contributed by atoms with van der Waals surface area (Å²) in [5.41, 5.74) is 4.44. The van der Waals surface area contributed by atoms with Gasteiger partial charge in [0, 0.05) is 17.2 Å². The summed E-state index contributed by atoms with van der Waals surface area (Å²) in [6.07, 6.45) is 3.19. The molecule has 7 rings (SSSR count). The van der Waals surface area contributed by atoms with Gasteiger partial charge in [0.2, 0.25) is 0 Å². The Labute approximate surface area is 245 Å². The minimum Gasteiger partial charge on any atom is -0.477 e. The molecular formula is C31H29ClFN5O4. The first-order valence-corrected chi connectivity index (χ1v) is 14.5. The van der Waals surface area contributed by atoms with Gasteiger partial charge in [0.05, 0.1) is 25.6 Å². The van der Waals surface area contributed by atoms with Crippen LogP contribution in [0.4, 0.5) is 4.39 Å². The summed E-state index contributed by atoms with van der Waals surface area (Å²) in [4.78, 5) is 27.8. The van der Waals surface area contributed by atoms with Crippen molar-refractivity contribution in [1.29, 1.82) is 0 Å². The van der Waals surface area contributed by atoms with E-state index in [9.17, 15) is 14.3 Å². The number of nitrogens with zero attached hydrogens (tertiary/aromatic N) is 5. The van der Waals surface area contributed by atoms with Crippen LogP contribution >= 0.6 is 11.6 Å². The maximum absolute atomic E-state index is 14.4. The summed E-state index contributed by atoms with van der Waals surface area (Å²) >= 11 is 5.90. The van der Waals surface area contributed by atoms with Crippen LogP contribution < -0.4 is 0 Å². The van der Waals surface area contributed by atoms with E-state index < -0.39 is 5.97 Å². The van der Waals surface area contributed by atoms with Crippen molar-refractivity contribution in [2.24, 2.45) is 0 Å². The SMILES string of the molecule is O=C(O)c1ccc2nc(CN3CCC(c4cccc5nc(Cc6ccc(Cl)cc6F)oc45)CC3)n(C[C@@H]3CCO3)c2n1. The van der Waals surface area contributed by atoms with E-state index in [1.54, 1.807) is 18.2 Å². The first-order chi connectivity index (χ1) is 20.4. The van der Waals surface area contributed by atoms with Gasteiger partial charge in [-0.2, -0.15) is 0 Å². The van der Waals surface area contributed by atoms with E-state index in [4.69, 9.17) is 25.7 Å². The number of aromatic carboxylic acids is 1. The minimum atomic E-state index is -1.06. The fraction of sp³-hybridized carbons (Fsp3) is 0.355. The van der Waals surface area contributed by atoms with E-state index in [-0.39, 0.29) is 24.0 Å². The molecule has 2 aromatic carbocycles. The van der Waals surface area contributed by atoms with E-state index >= 15 is 0 Å². The Morgan fingerprint density at radius 3 is 2.62 bits per heavy atom. The number of piperidine rings is 1. The Hall–Kier alpha value is -3.86. The standard InChI is InChI=1S/C31H29ClFN5O4/c32-20-5-4-19(23(33)15-20)14-28-35-24-3-1-2-22(29(24)42-28)18-8-11-37(12-9-18)17-27-34-25-6-7-26(31(39)40)36-30(25)38(27)16-21-10-13-41-21/h1-7,15,18,21H,8-14,16-17H2,(H,39,40)/t21-/m0/s1. The summed E-state index contributed by atoms with van der Waals surface area (Å²) in [7, 11) is 0. The van der Waals surface area contributed by atoms with Gasteiger partial charge in [-0.15, -0.1) is 0 Å². The zero-order valence-electron chi connectivity index (χ0n) is 22.8. The monoisotopic (exact) mass is 589 g/mol. The molecule has 0 bridgehead atoms. The van der Waals surface area contributed by atoms with Gasteiger partial charge in [-0.05, 0) is 74.2 Å². The van der Waals surface area contributed by atoms with Crippen LogP contribution in [0.5, 0.6) is 0 Å². The van der Waals surface area contributed by atoms with Crippen LogP contribution in [0.25, 0.3) is 22.3 Å². The smallest absolute Gasteiger partial charge is 0.354 e. The predicted molar refractivity (Wildman–Crippen MR) is 154 cm³/mol. The summed E-state index contributed by atoms with van der Waals surface area (Å²) in [6, 6.07) is 13.9. The Bertz CT molecular complexity index is 1790.